The van der Waals surface area contributed by atoms with Gasteiger partial charge in [-0.15, -0.1) is 0 Å². The molecule has 1 aliphatic rings. The van der Waals surface area contributed by atoms with Crippen LogP contribution in [0.4, 0.5) is 16.6 Å². The van der Waals surface area contributed by atoms with Gasteiger partial charge in [0.25, 0.3) is 0 Å². The molecule has 41 heavy (non-hydrogen) atoms. The average molecular weight is 564 g/mol. The third-order valence-corrected chi connectivity index (χ3v) is 6.97. The van der Waals surface area contributed by atoms with Gasteiger partial charge in [0, 0.05) is 50.3 Å². The van der Waals surface area contributed by atoms with E-state index >= 15 is 0 Å². The number of aliphatic carboxylic acids is 1. The molecular weight excluding hydrogens is 526 g/mol. The van der Waals surface area contributed by atoms with Gasteiger partial charge in [0.2, 0.25) is 5.95 Å². The summed E-state index contributed by atoms with van der Waals surface area (Å²) in [6.07, 6.45) is 7.49. The number of nitrogens with one attached hydrogen (secondary N) is 2. The minimum absolute atomic E-state index is 0.0368. The molecule has 1 unspecified atom stereocenters. The number of nitrogens with zero attached hydrogens (tertiary/aromatic N) is 5. The summed E-state index contributed by atoms with van der Waals surface area (Å²) in [5.41, 5.74) is 1.24. The Morgan fingerprint density at radius 3 is 2.54 bits per heavy atom. The predicted octanol–water partition coefficient (Wildman–Crippen LogP) is 3.08. The molecule has 3 aromatic rings. The number of benzene rings is 1. The summed E-state index contributed by atoms with van der Waals surface area (Å²) in [6.45, 7) is 4.39. The van der Waals surface area contributed by atoms with Crippen LogP contribution in [0.1, 0.15) is 43.7 Å². The van der Waals surface area contributed by atoms with Crippen LogP contribution < -0.4 is 21.2 Å². The fourth-order valence-electron chi connectivity index (χ4n) is 4.89. The lowest BCUT2D eigenvalue weighted by molar-refractivity contribution is -0.137. The van der Waals surface area contributed by atoms with Crippen LogP contribution in [0.15, 0.2) is 59.8 Å². The SMILES string of the molecule is CCCc1cn(CC(CC(=O)O)NC(=O)OCc2ccccc2)c(=O)nc1N1CCC(CNc2ncccn2)CC1. The van der Waals surface area contributed by atoms with Crippen molar-refractivity contribution in [2.24, 2.45) is 5.92 Å². The smallest absolute Gasteiger partial charge is 0.407 e. The van der Waals surface area contributed by atoms with Crippen molar-refractivity contribution < 1.29 is 19.4 Å². The van der Waals surface area contributed by atoms with Gasteiger partial charge in [0.1, 0.15) is 12.4 Å². The summed E-state index contributed by atoms with van der Waals surface area (Å²) >= 11 is 0. The van der Waals surface area contributed by atoms with Gasteiger partial charge in [-0.2, -0.15) is 4.98 Å². The van der Waals surface area contributed by atoms with E-state index in [0.29, 0.717) is 24.1 Å². The Bertz CT molecular complexity index is 1330. The molecule has 0 saturated carbocycles. The number of anilines is 2. The minimum Gasteiger partial charge on any atom is -0.481 e. The largest absolute Gasteiger partial charge is 0.481 e. The minimum atomic E-state index is -1.10. The first kappa shape index (κ1) is 29.5. The molecule has 4 rings (SSSR count). The van der Waals surface area contributed by atoms with Crippen LogP contribution in [0, 0.1) is 5.92 Å². The number of hydrogen-bond acceptors (Lipinski definition) is 9. The van der Waals surface area contributed by atoms with Crippen LogP contribution in [0.3, 0.4) is 0 Å². The standard InChI is InChI=1S/C29H37N7O5/c1-2-7-23-18-36(19-24(16-25(37)38)33-29(40)41-20-22-8-4-3-5-9-22)28(39)34-26(23)35-14-10-21(11-15-35)17-32-27-30-12-6-13-31-27/h3-6,8-9,12-13,18,21,24H,2,7,10-11,14-17,19-20H2,1H3,(H,33,40)(H,37,38)(H,30,31,32). The number of carbonyl (C=O) groups excluding carboxylic acids is 1. The number of rotatable bonds is 13. The van der Waals surface area contributed by atoms with Crippen LogP contribution in [0.2, 0.25) is 0 Å². The molecule has 0 spiro atoms. The fourth-order valence-corrected chi connectivity index (χ4v) is 4.89. The zero-order chi connectivity index (χ0) is 29.0. The second-order valence-electron chi connectivity index (χ2n) is 10.2. The molecule has 1 aliphatic heterocycles. The predicted molar refractivity (Wildman–Crippen MR) is 154 cm³/mol. The van der Waals surface area contributed by atoms with Gasteiger partial charge in [-0.1, -0.05) is 43.7 Å². The van der Waals surface area contributed by atoms with E-state index in [4.69, 9.17) is 4.74 Å². The Hall–Kier alpha value is -4.48. The van der Waals surface area contributed by atoms with Crippen LogP contribution >= 0.6 is 0 Å². The molecule has 1 saturated heterocycles. The van der Waals surface area contributed by atoms with E-state index in [0.717, 1.165) is 50.0 Å². The van der Waals surface area contributed by atoms with E-state index in [-0.39, 0.29) is 19.6 Å². The number of piperidine rings is 1. The van der Waals surface area contributed by atoms with Crippen LogP contribution in [0.5, 0.6) is 0 Å². The van der Waals surface area contributed by atoms with E-state index in [2.05, 4.69) is 37.4 Å². The maximum atomic E-state index is 13.1. The quantitative estimate of drug-likeness (QED) is 0.283. The molecule has 12 nitrogen and oxygen atoms in total. The first-order valence-electron chi connectivity index (χ1n) is 14.0. The Balaban J connectivity index is 1.39. The van der Waals surface area contributed by atoms with E-state index in [1.54, 1.807) is 24.7 Å². The molecule has 3 N–H and O–H groups in total. The number of aromatic nitrogens is 4. The highest BCUT2D eigenvalue weighted by atomic mass is 16.5. The molecule has 0 radical (unpaired) electrons. The molecular formula is C29H37N7O5. The van der Waals surface area contributed by atoms with Gasteiger partial charge in [-0.3, -0.25) is 9.36 Å². The highest BCUT2D eigenvalue weighted by molar-refractivity contribution is 5.71. The third-order valence-electron chi connectivity index (χ3n) is 6.97. The van der Waals surface area contributed by atoms with Crippen molar-refractivity contribution in [2.45, 2.75) is 58.2 Å². The molecule has 1 aromatic carbocycles. The van der Waals surface area contributed by atoms with Crippen LogP contribution in [-0.4, -0.2) is 62.4 Å². The third kappa shape index (κ3) is 9.02. The van der Waals surface area contributed by atoms with Crippen molar-refractivity contribution in [1.29, 1.82) is 0 Å². The van der Waals surface area contributed by atoms with Crippen molar-refractivity contribution in [3.63, 3.8) is 0 Å². The maximum Gasteiger partial charge on any atom is 0.407 e. The number of carboxylic acids is 1. The molecule has 3 heterocycles. The highest BCUT2D eigenvalue weighted by Gasteiger charge is 2.24. The molecule has 2 aromatic heterocycles. The average Bonchev–Trinajstić information content (AvgIpc) is 2.98. The van der Waals surface area contributed by atoms with E-state index in [1.165, 1.54) is 4.57 Å². The molecule has 1 atom stereocenters. The summed E-state index contributed by atoms with van der Waals surface area (Å²) in [5.74, 6) is 0.650. The number of ether oxygens (including phenoxy) is 1. The zero-order valence-electron chi connectivity index (χ0n) is 23.2. The van der Waals surface area contributed by atoms with Gasteiger partial charge < -0.3 is 25.4 Å². The Labute approximate surface area is 238 Å². The summed E-state index contributed by atoms with van der Waals surface area (Å²) in [5, 5.41) is 15.3. The fraction of sp³-hybridized carbons (Fsp3) is 0.448. The number of carboxylic acid groups (broad SMARTS) is 1. The topological polar surface area (TPSA) is 152 Å². The molecule has 0 bridgehead atoms. The lowest BCUT2D eigenvalue weighted by atomic mass is 9.96. The summed E-state index contributed by atoms with van der Waals surface area (Å²) < 4.78 is 6.64. The first-order valence-corrected chi connectivity index (χ1v) is 14.0. The molecule has 0 aliphatic carbocycles. The van der Waals surface area contributed by atoms with Gasteiger partial charge in [0.05, 0.1) is 12.5 Å². The Kier molecular flexibility index (Phi) is 10.6. The maximum absolute atomic E-state index is 13.1. The van der Waals surface area contributed by atoms with Crippen molar-refractivity contribution >= 4 is 23.8 Å². The van der Waals surface area contributed by atoms with Crippen molar-refractivity contribution in [1.82, 2.24) is 24.8 Å². The van der Waals surface area contributed by atoms with Gasteiger partial charge in [0.15, 0.2) is 0 Å². The summed E-state index contributed by atoms with van der Waals surface area (Å²) in [6, 6.07) is 10.1. The number of hydrogen-bond donors (Lipinski definition) is 3. The van der Waals surface area contributed by atoms with Gasteiger partial charge >= 0.3 is 17.8 Å². The molecule has 218 valence electrons. The van der Waals surface area contributed by atoms with Gasteiger partial charge in [-0.05, 0) is 36.8 Å². The summed E-state index contributed by atoms with van der Waals surface area (Å²) in [4.78, 5) is 52.0. The monoisotopic (exact) mass is 563 g/mol. The number of carbonyl (C=O) groups is 2. The molecule has 12 heteroatoms. The number of amides is 1. The Morgan fingerprint density at radius 1 is 1.12 bits per heavy atom. The van der Waals surface area contributed by atoms with Crippen molar-refractivity contribution in [2.75, 3.05) is 29.9 Å². The summed E-state index contributed by atoms with van der Waals surface area (Å²) in [7, 11) is 0. The van der Waals surface area contributed by atoms with E-state index in [1.807, 2.05) is 30.3 Å². The van der Waals surface area contributed by atoms with E-state index < -0.39 is 23.8 Å². The van der Waals surface area contributed by atoms with E-state index in [9.17, 15) is 19.5 Å². The second kappa shape index (κ2) is 14.8. The van der Waals surface area contributed by atoms with Gasteiger partial charge in [-0.25, -0.2) is 19.6 Å². The lowest BCUT2D eigenvalue weighted by Gasteiger charge is -2.34. The second-order valence-corrected chi connectivity index (χ2v) is 10.2. The van der Waals surface area contributed by atoms with Crippen molar-refractivity contribution in [3.8, 4) is 0 Å². The molecule has 1 fully saturated rings. The highest BCUT2D eigenvalue weighted by Crippen LogP contribution is 2.25. The first-order chi connectivity index (χ1) is 19.9. The normalized spacial score (nSPS) is 14.3. The Morgan fingerprint density at radius 2 is 1.85 bits per heavy atom. The van der Waals surface area contributed by atoms with Crippen LogP contribution in [0.25, 0.3) is 0 Å². The zero-order valence-corrected chi connectivity index (χ0v) is 23.2. The lowest BCUT2D eigenvalue weighted by Crippen LogP contribution is -2.43. The van der Waals surface area contributed by atoms with Crippen LogP contribution in [-0.2, 0) is 29.1 Å². The number of aryl methyl sites for hydroxylation is 1. The molecule has 1 amide bonds. The number of alkyl carbamates (subject to hydrolysis) is 1. The van der Waals surface area contributed by atoms with Crippen molar-refractivity contribution in [3.05, 3.63) is 76.6 Å².